The first kappa shape index (κ1) is 22.5. The summed E-state index contributed by atoms with van der Waals surface area (Å²) >= 11 is 0. The summed E-state index contributed by atoms with van der Waals surface area (Å²) in [5.74, 6) is 0. The second kappa shape index (κ2) is 23.1. The SMILES string of the molecule is NCCN.[Na].[Na].[Na]. The standard InChI is InChI=1S/C2H8N2.3Na/c3-1-2-4;;;/h1-4H2;;;. The van der Waals surface area contributed by atoms with E-state index in [0.717, 1.165) is 0 Å². The third-order valence-electron chi connectivity index (χ3n) is 0.167. The normalized spacial score (nSPS) is 4.29. The van der Waals surface area contributed by atoms with Gasteiger partial charge in [-0.25, -0.2) is 0 Å². The maximum atomic E-state index is 4.90. The van der Waals surface area contributed by atoms with E-state index in [4.69, 9.17) is 11.5 Å². The fraction of sp³-hybridized carbons (Fsp3) is 1.00. The summed E-state index contributed by atoms with van der Waals surface area (Å²) in [6.07, 6.45) is 0. The van der Waals surface area contributed by atoms with Crippen molar-refractivity contribution in [2.75, 3.05) is 13.1 Å². The Hall–Kier alpha value is 2.92. The zero-order valence-electron chi connectivity index (χ0n) is 5.57. The topological polar surface area (TPSA) is 52.0 Å². The molecule has 0 saturated heterocycles. The van der Waals surface area contributed by atoms with Gasteiger partial charge in [-0.1, -0.05) is 0 Å². The van der Waals surface area contributed by atoms with Gasteiger partial charge in [-0.15, -0.1) is 0 Å². The van der Waals surface area contributed by atoms with Gasteiger partial charge < -0.3 is 11.5 Å². The van der Waals surface area contributed by atoms with Crippen LogP contribution in [0.4, 0.5) is 0 Å². The van der Waals surface area contributed by atoms with Gasteiger partial charge in [0.1, 0.15) is 0 Å². The second-order valence-electron chi connectivity index (χ2n) is 0.577. The molecular formula is C2H8N2Na3. The summed E-state index contributed by atoms with van der Waals surface area (Å²) in [4.78, 5) is 0. The van der Waals surface area contributed by atoms with Crippen LogP contribution >= 0.6 is 0 Å². The first-order valence-electron chi connectivity index (χ1n) is 1.32. The van der Waals surface area contributed by atoms with Crippen LogP contribution in [0.15, 0.2) is 0 Å². The van der Waals surface area contributed by atoms with Crippen LogP contribution in [0.3, 0.4) is 0 Å². The molecule has 3 radical (unpaired) electrons. The van der Waals surface area contributed by atoms with Crippen molar-refractivity contribution in [3.05, 3.63) is 0 Å². The zero-order chi connectivity index (χ0) is 3.41. The Morgan fingerprint density at radius 3 is 0.857 bits per heavy atom. The molecule has 4 N–H and O–H groups in total. The van der Waals surface area contributed by atoms with Crippen LogP contribution < -0.4 is 11.5 Å². The van der Waals surface area contributed by atoms with Crippen LogP contribution in [0.2, 0.25) is 0 Å². The molecule has 0 aliphatic heterocycles. The predicted molar refractivity (Wildman–Crippen MR) is 35.4 cm³/mol. The van der Waals surface area contributed by atoms with Gasteiger partial charge in [0, 0.05) is 102 Å². The van der Waals surface area contributed by atoms with Gasteiger partial charge in [0.25, 0.3) is 0 Å². The molecule has 0 aromatic carbocycles. The molecule has 0 rings (SSSR count). The predicted octanol–water partition coefficient (Wildman–Crippen LogP) is -2.24. The quantitative estimate of drug-likeness (QED) is 0.393. The molecule has 0 aromatic rings. The Morgan fingerprint density at radius 1 is 0.714 bits per heavy atom. The van der Waals surface area contributed by atoms with E-state index in [9.17, 15) is 0 Å². The van der Waals surface area contributed by atoms with E-state index in [1.54, 1.807) is 0 Å². The van der Waals surface area contributed by atoms with Crippen LogP contribution in [0.1, 0.15) is 0 Å². The van der Waals surface area contributed by atoms with E-state index in [2.05, 4.69) is 0 Å². The Morgan fingerprint density at radius 2 is 0.857 bits per heavy atom. The summed E-state index contributed by atoms with van der Waals surface area (Å²) in [7, 11) is 0. The van der Waals surface area contributed by atoms with Crippen LogP contribution in [-0.2, 0) is 0 Å². The summed E-state index contributed by atoms with van der Waals surface area (Å²) in [6.45, 7) is 1.19. The maximum absolute atomic E-state index is 4.90. The maximum Gasteiger partial charge on any atom is 0.00461 e. The molecule has 0 fully saturated rings. The van der Waals surface area contributed by atoms with Crippen molar-refractivity contribution < 1.29 is 0 Å². The summed E-state index contributed by atoms with van der Waals surface area (Å²) in [5, 5.41) is 0. The van der Waals surface area contributed by atoms with Crippen molar-refractivity contribution >= 4 is 88.7 Å². The van der Waals surface area contributed by atoms with Crippen molar-refractivity contribution in [3.63, 3.8) is 0 Å². The third kappa shape index (κ3) is 27.8. The molecular weight excluding hydrogens is 121 g/mol. The number of rotatable bonds is 1. The van der Waals surface area contributed by atoms with Crippen LogP contribution in [0.25, 0.3) is 0 Å². The smallest absolute Gasteiger partial charge is 0.00461 e. The minimum atomic E-state index is 0. The van der Waals surface area contributed by atoms with Gasteiger partial charge in [-0.3, -0.25) is 0 Å². The van der Waals surface area contributed by atoms with Crippen molar-refractivity contribution in [2.24, 2.45) is 11.5 Å². The van der Waals surface area contributed by atoms with Gasteiger partial charge in [0.05, 0.1) is 0 Å². The first-order valence-corrected chi connectivity index (χ1v) is 1.32. The molecule has 0 bridgehead atoms. The third-order valence-corrected chi connectivity index (χ3v) is 0.167. The summed E-state index contributed by atoms with van der Waals surface area (Å²) in [5.41, 5.74) is 9.81. The fourth-order valence-corrected chi connectivity index (χ4v) is 0. The van der Waals surface area contributed by atoms with Crippen molar-refractivity contribution in [2.45, 2.75) is 0 Å². The van der Waals surface area contributed by atoms with Gasteiger partial charge in [0.2, 0.25) is 0 Å². The Kier molecular flexibility index (Phi) is 74.4. The molecule has 0 aromatic heterocycles. The number of hydrogen-bond donors (Lipinski definition) is 2. The Balaban J connectivity index is -0.0000000150. The van der Waals surface area contributed by atoms with Gasteiger partial charge in [0.15, 0.2) is 0 Å². The molecule has 0 saturated carbocycles. The van der Waals surface area contributed by atoms with Crippen molar-refractivity contribution in [1.29, 1.82) is 0 Å². The van der Waals surface area contributed by atoms with E-state index in [-0.39, 0.29) is 88.7 Å². The van der Waals surface area contributed by atoms with Gasteiger partial charge in [-0.2, -0.15) is 0 Å². The number of nitrogens with two attached hydrogens (primary N) is 2. The minimum Gasteiger partial charge on any atom is -0.329 e. The molecule has 0 aliphatic rings. The van der Waals surface area contributed by atoms with Crippen LogP contribution in [-0.4, -0.2) is 102 Å². The van der Waals surface area contributed by atoms with E-state index in [1.165, 1.54) is 0 Å². The molecule has 29 valence electrons. The minimum absolute atomic E-state index is 0. The second-order valence-corrected chi connectivity index (χ2v) is 0.577. The van der Waals surface area contributed by atoms with Crippen LogP contribution in [0, 0.1) is 0 Å². The monoisotopic (exact) mass is 129 g/mol. The molecule has 0 spiro atoms. The molecule has 0 heterocycles. The van der Waals surface area contributed by atoms with Crippen molar-refractivity contribution in [3.8, 4) is 0 Å². The molecule has 2 nitrogen and oxygen atoms in total. The first-order chi connectivity index (χ1) is 1.91. The molecule has 7 heavy (non-hydrogen) atoms. The van der Waals surface area contributed by atoms with Gasteiger partial charge >= 0.3 is 0 Å². The summed E-state index contributed by atoms with van der Waals surface area (Å²) in [6, 6.07) is 0. The zero-order valence-corrected chi connectivity index (χ0v) is 11.6. The van der Waals surface area contributed by atoms with E-state index in [0.29, 0.717) is 13.1 Å². The van der Waals surface area contributed by atoms with Crippen LogP contribution in [0.5, 0.6) is 0 Å². The Labute approximate surface area is 111 Å². The average Bonchev–Trinajstić information content (AvgIpc) is 1.37. The largest absolute Gasteiger partial charge is 0.329 e. The average molecular weight is 129 g/mol. The number of hydrogen-bond acceptors (Lipinski definition) is 2. The molecule has 0 amide bonds. The Bertz CT molecular complexity index is 12.9. The molecule has 0 atom stereocenters. The fourth-order valence-electron chi connectivity index (χ4n) is 0. The van der Waals surface area contributed by atoms with E-state index >= 15 is 0 Å². The summed E-state index contributed by atoms with van der Waals surface area (Å²) < 4.78 is 0. The van der Waals surface area contributed by atoms with Crippen molar-refractivity contribution in [1.82, 2.24) is 0 Å². The van der Waals surface area contributed by atoms with E-state index < -0.39 is 0 Å². The molecule has 5 heteroatoms. The molecule has 0 aliphatic carbocycles. The molecule has 0 unspecified atom stereocenters. The van der Waals surface area contributed by atoms with Gasteiger partial charge in [-0.05, 0) is 0 Å². The van der Waals surface area contributed by atoms with E-state index in [1.807, 2.05) is 0 Å².